The van der Waals surface area contributed by atoms with E-state index in [1.165, 1.54) is 38.2 Å². The largest absolute Gasteiger partial charge is 0.711 e. The number of aromatic nitrogens is 6. The third-order valence-corrected chi connectivity index (χ3v) is 24.5. The molecule has 12 rings (SSSR count). The molecule has 3 fully saturated rings. The van der Waals surface area contributed by atoms with Crippen LogP contribution in [0.4, 0.5) is 56.6 Å². The molecule has 3 aliphatic rings. The van der Waals surface area contributed by atoms with Crippen LogP contribution in [0.15, 0.2) is 128 Å². The molecule has 0 radical (unpaired) electrons. The first-order chi connectivity index (χ1) is 50.2. The maximum Gasteiger partial charge on any atom is 0.488 e. The number of pyridine rings is 3. The Bertz CT molecular complexity index is 4340. The predicted molar refractivity (Wildman–Crippen MR) is 419 cm³/mol. The van der Waals surface area contributed by atoms with E-state index < -0.39 is 66.6 Å². The van der Waals surface area contributed by atoms with Crippen LogP contribution in [-0.2, 0) is 52.9 Å². The van der Waals surface area contributed by atoms with Crippen LogP contribution in [0.1, 0.15) is 16.7 Å². The normalized spacial score (nSPS) is 15.5. The summed E-state index contributed by atoms with van der Waals surface area (Å²) in [5, 5.41) is 30.6. The predicted octanol–water partition coefficient (Wildman–Crippen LogP) is 14.9. The Morgan fingerprint density at radius 3 is 1.15 bits per heavy atom. The average molecular weight is 1570 g/mol. The Kier molecular flexibility index (Phi) is 28.1. The molecule has 9 heterocycles. The highest BCUT2D eigenvalue weighted by atomic mass is 35.5. The Hall–Kier alpha value is -7.01. The summed E-state index contributed by atoms with van der Waals surface area (Å²) in [4.78, 5) is 22.1. The van der Waals surface area contributed by atoms with Gasteiger partial charge in [0, 0.05) is 181 Å². The van der Waals surface area contributed by atoms with Gasteiger partial charge in [0.1, 0.15) is 36.5 Å². The van der Waals surface area contributed by atoms with Gasteiger partial charge in [-0.1, -0.05) is 107 Å². The van der Waals surface area contributed by atoms with Crippen molar-refractivity contribution in [2.45, 2.75) is 116 Å². The van der Waals surface area contributed by atoms with Crippen LogP contribution >= 0.6 is 11.6 Å². The molecule has 18 nitrogen and oxygen atoms in total. The second kappa shape index (κ2) is 35.8. The number of nitrogens with zero attached hydrogens (tertiary/aromatic N) is 12. The van der Waals surface area contributed by atoms with Crippen LogP contribution in [-0.4, -0.2) is 199 Å². The Labute approximate surface area is 629 Å². The smallest absolute Gasteiger partial charge is 0.488 e. The second-order valence-corrected chi connectivity index (χ2v) is 48.6. The molecular formula is C75H101BClF9N12O6Si3. The van der Waals surface area contributed by atoms with Crippen molar-refractivity contribution in [2.75, 3.05) is 134 Å². The van der Waals surface area contributed by atoms with E-state index >= 15 is 0 Å². The molecule has 3 aromatic carbocycles. The van der Waals surface area contributed by atoms with Crippen LogP contribution in [0.25, 0.3) is 55.4 Å². The number of rotatable bonds is 21. The lowest BCUT2D eigenvalue weighted by molar-refractivity contribution is -0.580. The van der Waals surface area contributed by atoms with Gasteiger partial charge in [-0.15, -0.1) is 0 Å². The molecule has 3 saturated heterocycles. The van der Waals surface area contributed by atoms with Crippen molar-refractivity contribution in [1.82, 2.24) is 38.4 Å². The summed E-state index contributed by atoms with van der Waals surface area (Å²) in [5.74, 6) is 0. The minimum atomic E-state index is -4.61. The molecule has 0 atom stereocenters. The lowest BCUT2D eigenvalue weighted by Crippen LogP contribution is -2.44. The highest BCUT2D eigenvalue weighted by Gasteiger charge is 2.41. The average Bonchev–Trinajstić information content (AvgIpc) is 1.62. The quantitative estimate of drug-likeness (QED) is 0.0230. The van der Waals surface area contributed by atoms with Crippen molar-refractivity contribution in [3.8, 4) is 22.3 Å². The Morgan fingerprint density at radius 1 is 0.449 bits per heavy atom. The molecule has 3 aliphatic heterocycles. The van der Waals surface area contributed by atoms with Gasteiger partial charge in [0.05, 0.1) is 27.7 Å². The SMILES string of the molecule is CN1CCN(c2ccc(-c3cc[n+]([O-])c4c3c(C(F)(F)F)cn4COCC[Si](C)(C)C)cc2)CC1.CN1CCN(c2ccc(-c3ccnc4c3c(C(F)(F)F)cn4COCC[Si](C)(C)C)cc2)CC1.CN1CCN(c2ccc(B(O)O)cc2)CC1.C[Si](C)(C)CCOCn1cc(C(F)(F)F)c2c(Cl)ccnc21. The fourth-order valence-electron chi connectivity index (χ4n) is 12.5. The Morgan fingerprint density at radius 2 is 0.776 bits per heavy atom. The fourth-order valence-corrected chi connectivity index (χ4v) is 15.0. The van der Waals surface area contributed by atoms with Gasteiger partial charge >= 0.3 is 25.6 Å². The van der Waals surface area contributed by atoms with Crippen molar-refractivity contribution in [1.29, 1.82) is 0 Å². The first-order valence-corrected chi connectivity index (χ1v) is 47.5. The van der Waals surface area contributed by atoms with E-state index in [0.717, 1.165) is 138 Å². The molecule has 32 heteroatoms. The lowest BCUT2D eigenvalue weighted by atomic mass is 9.80. The third kappa shape index (κ3) is 23.3. The van der Waals surface area contributed by atoms with Gasteiger partial charge in [-0.2, -0.15) is 39.5 Å². The number of hydrogen-bond acceptors (Lipinski definition) is 14. The van der Waals surface area contributed by atoms with Gasteiger partial charge in [-0.05, 0) is 116 Å². The molecule has 107 heavy (non-hydrogen) atoms. The van der Waals surface area contributed by atoms with E-state index in [9.17, 15) is 44.7 Å². The summed E-state index contributed by atoms with van der Waals surface area (Å²) < 4.78 is 145. The number of alkyl halides is 9. The molecule has 6 aromatic heterocycles. The number of fused-ring (bicyclic) bond motifs is 3. The fraction of sp³-hybridized carbons (Fsp3) is 0.480. The first-order valence-electron chi connectivity index (χ1n) is 36.0. The standard InChI is InChI=1S/C25H33F3N4O2Si.C25H33F3N4OSi.C14H18ClF3N2OSi.C11H17BN2O2/c1-29-11-13-30(14-12-29)20-7-5-19(6-8-20)21-9-10-32(33)24-23(21)22(25(26,27)28)17-31(24)18-34-15-16-35(2,3)4;1-30-11-13-31(14-12-30)20-7-5-19(6-8-20)21-9-10-29-24-23(21)22(25(26,27)28)17-32(24)18-33-15-16-34(2,3)4;1-22(2,3)7-6-21-9-20-8-10(14(16,17)18)12-11(15)4-5-19-13(12)20;1-13-6-8-14(9-7-13)11-4-2-10(3-5-11)12(15)16/h5-10,17H,11-16,18H2,1-4H3;5-10,17H,11-16,18H2,1-4H3;4-5,8H,6-7,9H2,1-3H3;2-5,15-16H,6-9H2,1H3. The third-order valence-electron chi connectivity index (χ3n) is 19.1. The van der Waals surface area contributed by atoms with Crippen molar-refractivity contribution in [2.24, 2.45) is 0 Å². The van der Waals surface area contributed by atoms with E-state index in [1.54, 1.807) is 24.4 Å². The zero-order valence-electron chi connectivity index (χ0n) is 63.2. The highest BCUT2D eigenvalue weighted by molar-refractivity contribution is 6.76. The minimum Gasteiger partial charge on any atom is -0.711 e. The van der Waals surface area contributed by atoms with E-state index in [0.29, 0.717) is 52.4 Å². The summed E-state index contributed by atoms with van der Waals surface area (Å²) in [7, 11) is 1.09. The molecule has 9 aromatic rings. The number of ether oxygens (including phenoxy) is 3. The number of likely N-dealkylation sites (N-methyl/N-ethyl adjacent to an activating group) is 3. The molecule has 2 N–H and O–H groups in total. The molecule has 0 bridgehead atoms. The molecule has 0 unspecified atom stereocenters. The number of anilines is 3. The highest BCUT2D eigenvalue weighted by Crippen LogP contribution is 2.43. The maximum absolute atomic E-state index is 14.1. The number of benzene rings is 3. The van der Waals surface area contributed by atoms with Gasteiger partial charge in [-0.25, -0.2) is 19.3 Å². The zero-order valence-corrected chi connectivity index (χ0v) is 67.0. The van der Waals surface area contributed by atoms with Crippen LogP contribution in [0, 0.1) is 5.21 Å². The van der Waals surface area contributed by atoms with E-state index in [1.807, 2.05) is 60.7 Å². The summed E-state index contributed by atoms with van der Waals surface area (Å²) in [6.45, 7) is 33.3. The van der Waals surface area contributed by atoms with E-state index in [-0.39, 0.29) is 52.7 Å². The molecule has 0 amide bonds. The Balaban J connectivity index is 0.000000172. The first kappa shape index (κ1) is 84.0. The topological polar surface area (TPSA) is 155 Å². The van der Waals surface area contributed by atoms with Gasteiger partial charge < -0.3 is 68.0 Å². The van der Waals surface area contributed by atoms with Gasteiger partial charge in [0.15, 0.2) is 6.73 Å². The number of piperazine rings is 3. The van der Waals surface area contributed by atoms with Gasteiger partial charge in [0.2, 0.25) is 0 Å². The second-order valence-electron chi connectivity index (χ2n) is 31.3. The molecule has 582 valence electrons. The number of hydrogen-bond donors (Lipinski definition) is 2. The molecule has 0 aliphatic carbocycles. The van der Waals surface area contributed by atoms with Crippen molar-refractivity contribution >= 4 is 98.6 Å². The molecular weight excluding hydrogens is 1470 g/mol. The van der Waals surface area contributed by atoms with Crippen molar-refractivity contribution in [3.05, 3.63) is 155 Å². The lowest BCUT2D eigenvalue weighted by Gasteiger charge is -2.34. The van der Waals surface area contributed by atoms with Crippen molar-refractivity contribution < 1.29 is 68.5 Å². The summed E-state index contributed by atoms with van der Waals surface area (Å²) >= 11 is 5.91. The molecule has 0 saturated carbocycles. The monoisotopic (exact) mass is 1570 g/mol. The van der Waals surface area contributed by atoms with Crippen LogP contribution < -0.4 is 24.9 Å². The zero-order chi connectivity index (χ0) is 78.0. The molecule has 0 spiro atoms. The minimum absolute atomic E-state index is 0.0321. The van der Waals surface area contributed by atoms with Gasteiger partial charge in [0.25, 0.3) is 5.65 Å². The maximum atomic E-state index is 14.1. The van der Waals surface area contributed by atoms with Crippen molar-refractivity contribution in [3.63, 3.8) is 0 Å². The number of halogens is 10. The van der Waals surface area contributed by atoms with Gasteiger partial charge in [-0.3, -0.25) is 0 Å². The van der Waals surface area contributed by atoms with Crippen LogP contribution in [0.5, 0.6) is 0 Å². The van der Waals surface area contributed by atoms with Crippen LogP contribution in [0.2, 0.25) is 82.1 Å². The summed E-state index contributed by atoms with van der Waals surface area (Å²) in [5.41, 5.74) is 4.25. The summed E-state index contributed by atoms with van der Waals surface area (Å²) in [6.07, 6.45) is -6.19. The van der Waals surface area contributed by atoms with E-state index in [4.69, 9.17) is 35.9 Å². The summed E-state index contributed by atoms with van der Waals surface area (Å²) in [6, 6.07) is 30.0. The van der Waals surface area contributed by atoms with E-state index in [2.05, 4.69) is 119 Å². The van der Waals surface area contributed by atoms with Crippen LogP contribution in [0.3, 0.4) is 0 Å².